The predicted octanol–water partition coefficient (Wildman–Crippen LogP) is 6.25. The minimum absolute atomic E-state index is 1.19. The number of allylic oxidation sites excluding steroid dienone is 9. The van der Waals surface area contributed by atoms with Gasteiger partial charge in [0.25, 0.3) is 0 Å². The summed E-state index contributed by atoms with van der Waals surface area (Å²) >= 11 is 0. The van der Waals surface area contributed by atoms with E-state index in [0.29, 0.717) is 0 Å². The van der Waals surface area contributed by atoms with Crippen molar-refractivity contribution < 1.29 is 0 Å². The van der Waals surface area contributed by atoms with E-state index in [-0.39, 0.29) is 0 Å². The molecule has 17 heavy (non-hydrogen) atoms. The maximum Gasteiger partial charge on any atom is -0.0191 e. The SMILES string of the molecule is C=C/C=C(/C=C\C)C(\C=C/C)=C/C.CC.CC. The van der Waals surface area contributed by atoms with Gasteiger partial charge < -0.3 is 0 Å². The first-order valence-corrected chi connectivity index (χ1v) is 6.54. The molecule has 0 radical (unpaired) electrons. The van der Waals surface area contributed by atoms with E-state index in [1.165, 1.54) is 11.1 Å². The summed E-state index contributed by atoms with van der Waals surface area (Å²) in [7, 11) is 0. The normalized spacial score (nSPS) is 11.7. The van der Waals surface area contributed by atoms with Crippen molar-refractivity contribution in [1.29, 1.82) is 0 Å². The molecule has 0 nitrogen and oxygen atoms in total. The van der Waals surface area contributed by atoms with E-state index in [1.807, 2.05) is 72.8 Å². The summed E-state index contributed by atoms with van der Waals surface area (Å²) in [5.41, 5.74) is 2.42. The van der Waals surface area contributed by atoms with Crippen molar-refractivity contribution in [3.63, 3.8) is 0 Å². The standard InChI is InChI=1S/C13H18.2C2H6/c1-5-9-12(8-4)13(10-6-2)11-7-3;2*1-2/h5-11H,2H2,1,3-4H3;2*1-2H3/b9-5-,11-7-,12-8-,13-10-;;. The minimum Gasteiger partial charge on any atom is -0.0990 e. The van der Waals surface area contributed by atoms with Crippen LogP contribution < -0.4 is 0 Å². The fourth-order valence-corrected chi connectivity index (χ4v) is 1.09. The molecule has 0 saturated carbocycles. The van der Waals surface area contributed by atoms with Crippen LogP contribution in [0.5, 0.6) is 0 Å². The quantitative estimate of drug-likeness (QED) is 0.504. The van der Waals surface area contributed by atoms with Gasteiger partial charge in [0.1, 0.15) is 0 Å². The molecule has 0 heterocycles. The maximum atomic E-state index is 3.70. The van der Waals surface area contributed by atoms with Gasteiger partial charge in [-0.05, 0) is 31.9 Å². The summed E-state index contributed by atoms with van der Waals surface area (Å²) in [6.45, 7) is 17.8. The highest BCUT2D eigenvalue weighted by atomic mass is 14.0. The van der Waals surface area contributed by atoms with Gasteiger partial charge in [0.15, 0.2) is 0 Å². The Hall–Kier alpha value is -1.30. The second-order valence-electron chi connectivity index (χ2n) is 2.60. The zero-order valence-corrected chi connectivity index (χ0v) is 12.7. The van der Waals surface area contributed by atoms with E-state index in [0.717, 1.165) is 0 Å². The van der Waals surface area contributed by atoms with E-state index in [2.05, 4.69) is 24.8 Å². The van der Waals surface area contributed by atoms with E-state index in [4.69, 9.17) is 0 Å². The molecule has 0 aliphatic carbocycles. The van der Waals surface area contributed by atoms with E-state index < -0.39 is 0 Å². The molecule has 0 spiro atoms. The smallest absolute Gasteiger partial charge is 0.0191 e. The number of rotatable bonds is 4. The van der Waals surface area contributed by atoms with Crippen LogP contribution in [-0.4, -0.2) is 0 Å². The average molecular weight is 234 g/mol. The molecule has 0 aromatic carbocycles. The third-order valence-corrected chi connectivity index (χ3v) is 1.63. The van der Waals surface area contributed by atoms with Gasteiger partial charge in [0, 0.05) is 0 Å². The first kappa shape index (κ1) is 21.0. The highest BCUT2D eigenvalue weighted by Crippen LogP contribution is 2.13. The van der Waals surface area contributed by atoms with Crippen molar-refractivity contribution in [2.24, 2.45) is 0 Å². The summed E-state index contributed by atoms with van der Waals surface area (Å²) in [6, 6.07) is 0. The Bertz CT molecular complexity index is 260. The summed E-state index contributed by atoms with van der Waals surface area (Å²) in [4.78, 5) is 0. The highest BCUT2D eigenvalue weighted by Gasteiger charge is 1.93. The molecule has 0 fully saturated rings. The first-order chi connectivity index (χ1) is 8.29. The van der Waals surface area contributed by atoms with Crippen LogP contribution >= 0.6 is 0 Å². The van der Waals surface area contributed by atoms with Crippen molar-refractivity contribution in [3.8, 4) is 0 Å². The van der Waals surface area contributed by atoms with Gasteiger partial charge in [0.2, 0.25) is 0 Å². The van der Waals surface area contributed by atoms with Crippen molar-refractivity contribution in [3.05, 3.63) is 60.3 Å². The highest BCUT2D eigenvalue weighted by molar-refractivity contribution is 5.47. The van der Waals surface area contributed by atoms with Gasteiger partial charge in [0.05, 0.1) is 0 Å². The van der Waals surface area contributed by atoms with Crippen LogP contribution in [0.1, 0.15) is 48.5 Å². The molecule has 0 rings (SSSR count). The molecule has 0 aromatic rings. The molecule has 98 valence electrons. The monoisotopic (exact) mass is 234 g/mol. The molecule has 0 heteroatoms. The molecular formula is C17H30. The Kier molecular flexibility index (Phi) is 24.9. The van der Waals surface area contributed by atoms with Crippen LogP contribution in [0.15, 0.2) is 60.3 Å². The van der Waals surface area contributed by atoms with E-state index in [9.17, 15) is 0 Å². The molecular weight excluding hydrogens is 204 g/mol. The van der Waals surface area contributed by atoms with Gasteiger partial charge in [-0.3, -0.25) is 0 Å². The molecule has 0 amide bonds. The van der Waals surface area contributed by atoms with Gasteiger partial charge in [-0.25, -0.2) is 0 Å². The molecule has 0 saturated heterocycles. The second-order valence-corrected chi connectivity index (χ2v) is 2.60. The van der Waals surface area contributed by atoms with Crippen molar-refractivity contribution >= 4 is 0 Å². The molecule has 0 bridgehead atoms. The van der Waals surface area contributed by atoms with Gasteiger partial charge in [-0.2, -0.15) is 0 Å². The average Bonchev–Trinajstić information content (AvgIpc) is 2.40. The van der Waals surface area contributed by atoms with Crippen LogP contribution in [0.2, 0.25) is 0 Å². The van der Waals surface area contributed by atoms with Crippen molar-refractivity contribution in [2.75, 3.05) is 0 Å². The molecule has 0 N–H and O–H groups in total. The second kappa shape index (κ2) is 20.2. The minimum atomic E-state index is 1.19. The molecule has 0 atom stereocenters. The predicted molar refractivity (Wildman–Crippen MR) is 84.4 cm³/mol. The van der Waals surface area contributed by atoms with E-state index in [1.54, 1.807) is 0 Å². The lowest BCUT2D eigenvalue weighted by molar-refractivity contribution is 1.47. The summed E-state index contributed by atoms with van der Waals surface area (Å²) in [5, 5.41) is 0. The summed E-state index contributed by atoms with van der Waals surface area (Å²) in [5.74, 6) is 0. The van der Waals surface area contributed by atoms with E-state index >= 15 is 0 Å². The molecule has 0 aromatic heterocycles. The Labute approximate surface area is 109 Å². The fourth-order valence-electron chi connectivity index (χ4n) is 1.09. The largest absolute Gasteiger partial charge is 0.0990 e. The Morgan fingerprint density at radius 2 is 1.18 bits per heavy atom. The lowest BCUT2D eigenvalue weighted by Gasteiger charge is -2.01. The zero-order chi connectivity index (χ0) is 14.1. The van der Waals surface area contributed by atoms with Crippen LogP contribution in [-0.2, 0) is 0 Å². The Morgan fingerprint density at radius 3 is 1.47 bits per heavy atom. The lowest BCUT2D eigenvalue weighted by atomic mass is 10.0. The van der Waals surface area contributed by atoms with Crippen LogP contribution in [0.3, 0.4) is 0 Å². The summed E-state index contributed by atoms with van der Waals surface area (Å²) in [6.07, 6.45) is 14.2. The zero-order valence-electron chi connectivity index (χ0n) is 12.7. The van der Waals surface area contributed by atoms with Crippen LogP contribution in [0.25, 0.3) is 0 Å². The fraction of sp³-hybridized carbons (Fsp3) is 0.412. The molecule has 0 aliphatic rings. The molecule has 0 aliphatic heterocycles. The number of hydrogen-bond acceptors (Lipinski definition) is 0. The van der Waals surface area contributed by atoms with Gasteiger partial charge in [-0.15, -0.1) is 0 Å². The van der Waals surface area contributed by atoms with Gasteiger partial charge in [-0.1, -0.05) is 76.8 Å². The van der Waals surface area contributed by atoms with Crippen molar-refractivity contribution in [1.82, 2.24) is 0 Å². The number of hydrogen-bond donors (Lipinski definition) is 0. The maximum absolute atomic E-state index is 3.70. The van der Waals surface area contributed by atoms with Crippen LogP contribution in [0.4, 0.5) is 0 Å². The van der Waals surface area contributed by atoms with Crippen molar-refractivity contribution in [2.45, 2.75) is 48.5 Å². The van der Waals surface area contributed by atoms with Crippen LogP contribution in [0, 0.1) is 0 Å². The Morgan fingerprint density at radius 1 is 0.765 bits per heavy atom. The third-order valence-electron chi connectivity index (χ3n) is 1.63. The first-order valence-electron chi connectivity index (χ1n) is 6.54. The molecule has 0 unspecified atom stereocenters. The lowest BCUT2D eigenvalue weighted by Crippen LogP contribution is -1.81. The Balaban J connectivity index is -0.000000439. The third kappa shape index (κ3) is 12.6. The van der Waals surface area contributed by atoms with Gasteiger partial charge >= 0.3 is 0 Å². The summed E-state index contributed by atoms with van der Waals surface area (Å²) < 4.78 is 0. The topological polar surface area (TPSA) is 0 Å².